The Labute approximate surface area is 478 Å². The molecule has 0 aliphatic rings. The maximum Gasteiger partial charge on any atom is 0.306 e. The Hall–Kier alpha value is -3.15. The summed E-state index contributed by atoms with van der Waals surface area (Å²) < 4.78 is 17.0. The highest BCUT2D eigenvalue weighted by molar-refractivity contribution is 5.71. The van der Waals surface area contributed by atoms with Crippen molar-refractivity contribution in [1.29, 1.82) is 0 Å². The van der Waals surface area contributed by atoms with E-state index in [1.54, 1.807) is 0 Å². The standard InChI is InChI=1S/C71H126O6/c1-4-7-10-13-16-19-22-25-28-31-33-34-35-36-38-40-43-46-49-52-55-58-61-64-70(73)76-67-68(66-75-69(72)63-60-57-54-51-48-45-42-39-30-27-24-21-18-15-12-9-6-3)77-71(74)65-62-59-56-53-50-47-44-41-37-32-29-26-23-20-17-14-11-8-5-2/h9,12,18,21-22,25,27,30-31,33,42,45,68H,4-8,10-11,13-17,19-20,23-24,26,28-29,32,34-41,43-44,46-67H2,1-3H3/b12-9-,21-18-,25-22-,30-27-,33-31-,45-42-. The van der Waals surface area contributed by atoms with E-state index in [0.29, 0.717) is 19.3 Å². The van der Waals surface area contributed by atoms with Gasteiger partial charge in [-0.15, -0.1) is 0 Å². The number of esters is 3. The molecule has 0 N–H and O–H groups in total. The Kier molecular flexibility index (Phi) is 62.7. The molecule has 0 aromatic heterocycles. The Morgan fingerprint density at radius 1 is 0.273 bits per heavy atom. The zero-order valence-electron chi connectivity index (χ0n) is 51.2. The second-order valence-electron chi connectivity index (χ2n) is 22.4. The predicted octanol–water partition coefficient (Wildman–Crippen LogP) is 22.9. The van der Waals surface area contributed by atoms with E-state index >= 15 is 0 Å². The average molecular weight is 1080 g/mol. The fourth-order valence-corrected chi connectivity index (χ4v) is 9.70. The van der Waals surface area contributed by atoms with Crippen LogP contribution >= 0.6 is 0 Å². The second-order valence-corrected chi connectivity index (χ2v) is 22.4. The van der Waals surface area contributed by atoms with E-state index in [4.69, 9.17) is 14.2 Å². The number of ether oxygens (including phenoxy) is 3. The molecule has 0 aliphatic carbocycles. The summed E-state index contributed by atoms with van der Waals surface area (Å²) in [6, 6.07) is 0. The highest BCUT2D eigenvalue weighted by atomic mass is 16.6. The van der Waals surface area contributed by atoms with Crippen molar-refractivity contribution in [3.63, 3.8) is 0 Å². The van der Waals surface area contributed by atoms with Gasteiger partial charge in [0.05, 0.1) is 0 Å². The molecule has 6 heteroatoms. The molecular weight excluding hydrogens is 949 g/mol. The SMILES string of the molecule is CC/C=C\C/C=C\C/C=C\C/C=C\CCCCCCC(=O)OCC(COC(=O)CCCCCCCCCCCCC/C=C\C/C=C\CCCCCCC)OC(=O)CCCCCCCCCCCCCCCCCCCCC. The minimum absolute atomic E-state index is 0.0813. The van der Waals surface area contributed by atoms with E-state index in [9.17, 15) is 14.4 Å². The van der Waals surface area contributed by atoms with Gasteiger partial charge in [-0.1, -0.05) is 306 Å². The van der Waals surface area contributed by atoms with Gasteiger partial charge in [-0.2, -0.15) is 0 Å². The average Bonchev–Trinajstić information content (AvgIpc) is 3.43. The van der Waals surface area contributed by atoms with Gasteiger partial charge in [0.25, 0.3) is 0 Å². The molecule has 1 atom stereocenters. The van der Waals surface area contributed by atoms with Crippen LogP contribution in [0.1, 0.15) is 342 Å². The molecule has 0 saturated carbocycles. The summed E-state index contributed by atoms with van der Waals surface area (Å²) in [6.45, 7) is 6.55. The summed E-state index contributed by atoms with van der Waals surface area (Å²) in [5, 5.41) is 0. The molecule has 0 bridgehead atoms. The number of hydrogen-bond donors (Lipinski definition) is 0. The highest BCUT2D eigenvalue weighted by Gasteiger charge is 2.19. The number of allylic oxidation sites excluding steroid dienone is 12. The molecule has 0 spiro atoms. The molecule has 77 heavy (non-hydrogen) atoms. The van der Waals surface area contributed by atoms with Gasteiger partial charge in [-0.25, -0.2) is 0 Å². The van der Waals surface area contributed by atoms with E-state index in [2.05, 4.69) is 93.7 Å². The second kappa shape index (κ2) is 65.4. The van der Waals surface area contributed by atoms with Gasteiger partial charge in [0.15, 0.2) is 6.10 Å². The lowest BCUT2D eigenvalue weighted by atomic mass is 10.0. The van der Waals surface area contributed by atoms with Crippen molar-refractivity contribution in [3.8, 4) is 0 Å². The molecule has 6 nitrogen and oxygen atoms in total. The molecule has 0 fully saturated rings. The number of unbranched alkanes of at least 4 members (excludes halogenated alkanes) is 38. The third-order valence-electron chi connectivity index (χ3n) is 14.7. The summed E-state index contributed by atoms with van der Waals surface area (Å²) in [5.74, 6) is -0.888. The summed E-state index contributed by atoms with van der Waals surface area (Å²) in [7, 11) is 0. The molecule has 0 saturated heterocycles. The van der Waals surface area contributed by atoms with E-state index < -0.39 is 6.10 Å². The van der Waals surface area contributed by atoms with Crippen molar-refractivity contribution in [3.05, 3.63) is 72.9 Å². The number of hydrogen-bond acceptors (Lipinski definition) is 6. The molecule has 0 aromatic carbocycles. The number of carbonyl (C=O) groups is 3. The van der Waals surface area contributed by atoms with Gasteiger partial charge in [0, 0.05) is 19.3 Å². The van der Waals surface area contributed by atoms with Crippen LogP contribution in [0.5, 0.6) is 0 Å². The van der Waals surface area contributed by atoms with Gasteiger partial charge >= 0.3 is 17.9 Å². The Bertz CT molecular complexity index is 1420. The minimum Gasteiger partial charge on any atom is -0.462 e. The van der Waals surface area contributed by atoms with Crippen molar-refractivity contribution < 1.29 is 28.6 Å². The lowest BCUT2D eigenvalue weighted by Crippen LogP contribution is -2.30. The van der Waals surface area contributed by atoms with Crippen LogP contribution in [0.15, 0.2) is 72.9 Å². The largest absolute Gasteiger partial charge is 0.462 e. The first-order valence-corrected chi connectivity index (χ1v) is 33.4. The summed E-state index contributed by atoms with van der Waals surface area (Å²) >= 11 is 0. The van der Waals surface area contributed by atoms with Gasteiger partial charge in [0.1, 0.15) is 13.2 Å². The summed E-state index contributed by atoms with van der Waals surface area (Å²) in [5.41, 5.74) is 0. The van der Waals surface area contributed by atoms with Crippen LogP contribution in [0.3, 0.4) is 0 Å². The lowest BCUT2D eigenvalue weighted by molar-refractivity contribution is -0.167. The zero-order chi connectivity index (χ0) is 55.7. The smallest absolute Gasteiger partial charge is 0.306 e. The molecule has 0 rings (SSSR count). The van der Waals surface area contributed by atoms with Crippen molar-refractivity contribution in [2.24, 2.45) is 0 Å². The van der Waals surface area contributed by atoms with Crippen LogP contribution in [0.2, 0.25) is 0 Å². The van der Waals surface area contributed by atoms with Gasteiger partial charge in [0.2, 0.25) is 0 Å². The van der Waals surface area contributed by atoms with Crippen molar-refractivity contribution in [2.45, 2.75) is 348 Å². The quantitative estimate of drug-likeness (QED) is 0.0261. The van der Waals surface area contributed by atoms with Crippen molar-refractivity contribution >= 4 is 17.9 Å². The highest BCUT2D eigenvalue weighted by Crippen LogP contribution is 2.17. The summed E-state index contributed by atoms with van der Waals surface area (Å²) in [4.78, 5) is 38.4. The first-order chi connectivity index (χ1) is 38.0. The fraction of sp³-hybridized carbons (Fsp3) is 0.789. The number of rotatable bonds is 61. The van der Waals surface area contributed by atoms with Crippen LogP contribution in [0, 0.1) is 0 Å². The van der Waals surface area contributed by atoms with E-state index in [1.807, 2.05) is 0 Å². The van der Waals surface area contributed by atoms with E-state index in [1.165, 1.54) is 199 Å². The first-order valence-electron chi connectivity index (χ1n) is 33.4. The molecule has 0 heterocycles. The molecule has 446 valence electrons. The maximum atomic E-state index is 12.9. The van der Waals surface area contributed by atoms with Crippen LogP contribution in [-0.2, 0) is 28.6 Å². The fourth-order valence-electron chi connectivity index (χ4n) is 9.70. The van der Waals surface area contributed by atoms with E-state index in [-0.39, 0.29) is 31.1 Å². The van der Waals surface area contributed by atoms with Crippen LogP contribution in [-0.4, -0.2) is 37.2 Å². The minimum atomic E-state index is -0.786. The molecule has 0 aliphatic heterocycles. The monoisotopic (exact) mass is 1070 g/mol. The van der Waals surface area contributed by atoms with Crippen molar-refractivity contribution in [2.75, 3.05) is 13.2 Å². The molecular formula is C71H126O6. The third-order valence-corrected chi connectivity index (χ3v) is 14.7. The Balaban J connectivity index is 4.36. The van der Waals surface area contributed by atoms with Crippen LogP contribution in [0.4, 0.5) is 0 Å². The lowest BCUT2D eigenvalue weighted by Gasteiger charge is -2.18. The van der Waals surface area contributed by atoms with E-state index in [0.717, 1.165) is 103 Å². The normalized spacial score (nSPS) is 12.5. The topological polar surface area (TPSA) is 78.9 Å². The van der Waals surface area contributed by atoms with Crippen LogP contribution in [0.25, 0.3) is 0 Å². The van der Waals surface area contributed by atoms with Gasteiger partial charge < -0.3 is 14.2 Å². The predicted molar refractivity (Wildman–Crippen MR) is 335 cm³/mol. The Morgan fingerprint density at radius 3 is 0.792 bits per heavy atom. The van der Waals surface area contributed by atoms with Crippen molar-refractivity contribution in [1.82, 2.24) is 0 Å². The van der Waals surface area contributed by atoms with Crippen LogP contribution < -0.4 is 0 Å². The molecule has 0 amide bonds. The first kappa shape index (κ1) is 73.8. The third kappa shape index (κ3) is 63.6. The summed E-state index contributed by atoms with van der Waals surface area (Å²) in [6.07, 6.45) is 84.8. The number of carbonyl (C=O) groups excluding carboxylic acids is 3. The zero-order valence-corrected chi connectivity index (χ0v) is 51.2. The molecule has 1 unspecified atom stereocenters. The Morgan fingerprint density at radius 2 is 0.506 bits per heavy atom. The molecule has 0 aromatic rings. The molecule has 0 radical (unpaired) electrons. The van der Waals surface area contributed by atoms with Gasteiger partial charge in [-0.05, 0) is 89.9 Å². The maximum absolute atomic E-state index is 12.9. The van der Waals surface area contributed by atoms with Gasteiger partial charge in [-0.3, -0.25) is 14.4 Å².